The molecule has 3 amide bonds. The number of rotatable bonds is 12. The number of hydrogen-bond donors (Lipinski definition) is 4. The van der Waals surface area contributed by atoms with Crippen LogP contribution in [0.1, 0.15) is 40.5 Å². The topological polar surface area (TPSA) is 165 Å². The molecule has 2 aromatic carbocycles. The van der Waals surface area contributed by atoms with E-state index in [-0.39, 0.29) is 31.1 Å². The van der Waals surface area contributed by atoms with Gasteiger partial charge in [0.15, 0.2) is 11.5 Å². The van der Waals surface area contributed by atoms with Crippen LogP contribution in [0.4, 0.5) is 17.2 Å². The van der Waals surface area contributed by atoms with Crippen molar-refractivity contribution in [3.8, 4) is 17.2 Å². The minimum Gasteiger partial charge on any atom is -0.489 e. The van der Waals surface area contributed by atoms with Crippen LogP contribution in [0.15, 0.2) is 30.6 Å². The molecule has 1 saturated heterocycles. The van der Waals surface area contributed by atoms with Gasteiger partial charge in [-0.1, -0.05) is 32.4 Å². The number of fused-ring (bicyclic) bond motifs is 2. The summed E-state index contributed by atoms with van der Waals surface area (Å²) in [6.45, 7) is 8.34. The van der Waals surface area contributed by atoms with Crippen LogP contribution in [0.5, 0.6) is 17.2 Å². The number of ether oxygens (including phenoxy) is 4. The predicted molar refractivity (Wildman–Crippen MR) is 181 cm³/mol. The number of likely N-dealkylation sites (tertiary alicyclic amines) is 1. The molecule has 4 N–H and O–H groups in total. The second-order valence-electron chi connectivity index (χ2n) is 12.7. The molecular weight excluding hydrogens is 642 g/mol. The van der Waals surface area contributed by atoms with Crippen molar-refractivity contribution in [2.75, 3.05) is 51.3 Å². The summed E-state index contributed by atoms with van der Waals surface area (Å²) in [5, 5.41) is 13.0. The number of nitrogens with zero attached hydrogens (tertiary/aromatic N) is 3. The highest BCUT2D eigenvalue weighted by Gasteiger charge is 2.42. The predicted octanol–water partition coefficient (Wildman–Crippen LogP) is 3.85. The molecule has 3 heterocycles. The fourth-order valence-electron chi connectivity index (χ4n) is 5.55. The van der Waals surface area contributed by atoms with Crippen molar-refractivity contribution in [1.82, 2.24) is 25.5 Å². The summed E-state index contributed by atoms with van der Waals surface area (Å²) in [5.74, 6) is 0.769. The highest BCUT2D eigenvalue weighted by Crippen LogP contribution is 2.45. The second kappa shape index (κ2) is 14.8. The lowest BCUT2D eigenvalue weighted by Gasteiger charge is -2.36. The van der Waals surface area contributed by atoms with E-state index in [2.05, 4.69) is 31.2 Å². The number of carbonyl (C=O) groups is 3. The van der Waals surface area contributed by atoms with Gasteiger partial charge in [0.1, 0.15) is 42.3 Å². The Bertz CT molecular complexity index is 1680. The summed E-state index contributed by atoms with van der Waals surface area (Å²) < 4.78 is 22.3. The number of aromatic nitrogens is 2. The van der Waals surface area contributed by atoms with Crippen LogP contribution in [0.25, 0.3) is 10.9 Å². The molecule has 48 heavy (non-hydrogen) atoms. The van der Waals surface area contributed by atoms with Crippen molar-refractivity contribution in [2.45, 2.75) is 58.7 Å². The van der Waals surface area contributed by atoms with E-state index < -0.39 is 23.5 Å². The van der Waals surface area contributed by atoms with Crippen LogP contribution < -0.4 is 35.5 Å². The third kappa shape index (κ3) is 7.50. The van der Waals surface area contributed by atoms with Crippen LogP contribution in [0.3, 0.4) is 0 Å². The zero-order chi connectivity index (χ0) is 34.6. The molecule has 3 atom stereocenters. The third-order valence-electron chi connectivity index (χ3n) is 8.34. The van der Waals surface area contributed by atoms with E-state index in [1.807, 2.05) is 20.8 Å². The standard InChI is InChI=1S/C33H42ClN7O7/c1-18(35-5)30(42)40-28(33(2,3)4)32(44)41-11-7-8-23(41)31(43)38-22-14-19-21(15-25(22)46-13-12-45-6)36-16-37-29(19)39-26-20(34)9-10-24-27(26)48-17-47-24/h9-10,14-16,18,23,28,35H,7-8,11-13,17H2,1-6H3,(H,38,43)(H,40,42)(H,36,37,39)/t18-,23-,28+/m0/s1. The van der Waals surface area contributed by atoms with Crippen LogP contribution in [0.2, 0.25) is 5.02 Å². The van der Waals surface area contributed by atoms with Gasteiger partial charge in [-0.05, 0) is 50.4 Å². The number of nitrogens with one attached hydrogen (secondary N) is 4. The lowest BCUT2D eigenvalue weighted by atomic mass is 9.85. The van der Waals surface area contributed by atoms with Crippen LogP contribution in [-0.4, -0.2) is 91.4 Å². The van der Waals surface area contributed by atoms with Crippen LogP contribution >= 0.6 is 11.6 Å². The van der Waals surface area contributed by atoms with Crippen molar-refractivity contribution < 1.29 is 33.3 Å². The smallest absolute Gasteiger partial charge is 0.247 e. The fraction of sp³-hybridized carbons (Fsp3) is 0.485. The van der Waals surface area contributed by atoms with Crippen molar-refractivity contribution in [3.05, 3.63) is 35.6 Å². The monoisotopic (exact) mass is 683 g/mol. The molecule has 0 bridgehead atoms. The molecule has 5 rings (SSSR count). The number of benzene rings is 2. The average molecular weight is 684 g/mol. The maximum Gasteiger partial charge on any atom is 0.247 e. The Morgan fingerprint density at radius 3 is 2.67 bits per heavy atom. The molecule has 1 fully saturated rings. The minimum absolute atomic E-state index is 0.0614. The molecule has 0 spiro atoms. The van der Waals surface area contributed by atoms with E-state index in [0.717, 1.165) is 0 Å². The summed E-state index contributed by atoms with van der Waals surface area (Å²) in [5.41, 5.74) is 0.763. The van der Waals surface area contributed by atoms with E-state index in [1.54, 1.807) is 50.2 Å². The quantitative estimate of drug-likeness (QED) is 0.205. The van der Waals surface area contributed by atoms with Gasteiger partial charge < -0.3 is 45.1 Å². The average Bonchev–Trinajstić information content (AvgIpc) is 3.75. The Balaban J connectivity index is 1.45. The molecule has 2 aliphatic rings. The Morgan fingerprint density at radius 2 is 1.94 bits per heavy atom. The summed E-state index contributed by atoms with van der Waals surface area (Å²) in [4.78, 5) is 51.2. The maximum absolute atomic E-state index is 14.0. The van der Waals surface area contributed by atoms with E-state index in [0.29, 0.717) is 76.4 Å². The molecule has 258 valence electrons. The fourth-order valence-corrected chi connectivity index (χ4v) is 5.75. The first kappa shape index (κ1) is 34.9. The lowest BCUT2D eigenvalue weighted by molar-refractivity contribution is -0.143. The van der Waals surface area contributed by atoms with Crippen molar-refractivity contribution in [3.63, 3.8) is 0 Å². The van der Waals surface area contributed by atoms with E-state index in [9.17, 15) is 14.4 Å². The molecule has 0 radical (unpaired) electrons. The molecule has 14 nitrogen and oxygen atoms in total. The van der Waals surface area contributed by atoms with E-state index in [4.69, 9.17) is 30.5 Å². The summed E-state index contributed by atoms with van der Waals surface area (Å²) >= 11 is 6.53. The summed E-state index contributed by atoms with van der Waals surface area (Å²) in [7, 11) is 3.24. The third-order valence-corrected chi connectivity index (χ3v) is 8.65. The molecule has 0 aliphatic carbocycles. The molecule has 2 aliphatic heterocycles. The zero-order valence-electron chi connectivity index (χ0n) is 27.9. The molecule has 0 unspecified atom stereocenters. The summed E-state index contributed by atoms with van der Waals surface area (Å²) in [6, 6.07) is 4.74. The number of methoxy groups -OCH3 is 1. The molecule has 15 heteroatoms. The van der Waals surface area contributed by atoms with Crippen molar-refractivity contribution in [1.29, 1.82) is 0 Å². The number of carbonyl (C=O) groups excluding carboxylic acids is 3. The van der Waals surface area contributed by atoms with Gasteiger partial charge in [0.05, 0.1) is 28.9 Å². The van der Waals surface area contributed by atoms with Crippen molar-refractivity contribution in [2.24, 2.45) is 5.41 Å². The first-order valence-corrected chi connectivity index (χ1v) is 16.1. The maximum atomic E-state index is 14.0. The number of amides is 3. The largest absolute Gasteiger partial charge is 0.489 e. The Morgan fingerprint density at radius 1 is 1.15 bits per heavy atom. The first-order chi connectivity index (χ1) is 22.9. The van der Waals surface area contributed by atoms with E-state index in [1.165, 1.54) is 6.33 Å². The second-order valence-corrected chi connectivity index (χ2v) is 13.1. The van der Waals surface area contributed by atoms with Gasteiger partial charge in [0.25, 0.3) is 0 Å². The van der Waals surface area contributed by atoms with Gasteiger partial charge in [0, 0.05) is 25.1 Å². The van der Waals surface area contributed by atoms with Gasteiger partial charge in [0.2, 0.25) is 24.5 Å². The molecule has 0 saturated carbocycles. The molecule has 3 aromatic rings. The van der Waals surface area contributed by atoms with Gasteiger partial charge in [-0.25, -0.2) is 9.97 Å². The zero-order valence-corrected chi connectivity index (χ0v) is 28.7. The van der Waals surface area contributed by atoms with Gasteiger partial charge in [-0.15, -0.1) is 0 Å². The molecule has 1 aromatic heterocycles. The Labute approximate surface area is 284 Å². The minimum atomic E-state index is -0.839. The van der Waals surface area contributed by atoms with Crippen molar-refractivity contribution >= 4 is 57.4 Å². The highest BCUT2D eigenvalue weighted by molar-refractivity contribution is 6.34. The Hall–Kier alpha value is -4.40. The van der Waals surface area contributed by atoms with E-state index >= 15 is 0 Å². The summed E-state index contributed by atoms with van der Waals surface area (Å²) in [6.07, 6.45) is 2.49. The normalized spacial score (nSPS) is 16.8. The van der Waals surface area contributed by atoms with Gasteiger partial charge in [-0.2, -0.15) is 0 Å². The molecular formula is C33H42ClN7O7. The lowest BCUT2D eigenvalue weighted by Crippen LogP contribution is -2.59. The highest BCUT2D eigenvalue weighted by atomic mass is 35.5. The number of anilines is 3. The van der Waals surface area contributed by atoms with Gasteiger partial charge >= 0.3 is 0 Å². The number of hydrogen-bond acceptors (Lipinski definition) is 11. The SMILES string of the molecule is CN[C@@H](C)C(=O)N[C@H](C(=O)N1CCC[C@H]1C(=O)Nc1cc2c(Nc3c(Cl)ccc4c3OCO4)ncnc2cc1OCCOC)C(C)(C)C. The van der Waals surface area contributed by atoms with Crippen LogP contribution in [-0.2, 0) is 19.1 Å². The van der Waals surface area contributed by atoms with Gasteiger partial charge in [-0.3, -0.25) is 14.4 Å². The van der Waals surface area contributed by atoms with Crippen LogP contribution in [0, 0.1) is 5.41 Å². The first-order valence-electron chi connectivity index (χ1n) is 15.8. The Kier molecular flexibility index (Phi) is 10.8. The number of likely N-dealkylation sites (N-methyl/N-ethyl adjacent to an activating group) is 1. The number of halogens is 1.